The Morgan fingerprint density at radius 1 is 1.18 bits per heavy atom. The highest BCUT2D eigenvalue weighted by Gasteiger charge is 2.51. The third kappa shape index (κ3) is 6.27. The fourth-order valence-corrected chi connectivity index (χ4v) is 6.10. The van der Waals surface area contributed by atoms with Crippen molar-refractivity contribution in [3.05, 3.63) is 16.1 Å². The molecule has 2 saturated heterocycles. The minimum atomic E-state index is -5.09. The Morgan fingerprint density at radius 3 is 2.53 bits per heavy atom. The number of halogens is 6. The summed E-state index contributed by atoms with van der Waals surface area (Å²) in [4.78, 5) is 55.7. The monoisotopic (exact) mass is 570 g/mol. The summed E-state index contributed by atoms with van der Waals surface area (Å²) in [6.07, 6.45) is -7.84. The van der Waals surface area contributed by atoms with Gasteiger partial charge in [0, 0.05) is 24.4 Å². The van der Waals surface area contributed by atoms with E-state index in [-0.39, 0.29) is 36.1 Å². The zero-order chi connectivity index (χ0) is 27.8. The van der Waals surface area contributed by atoms with Crippen molar-refractivity contribution in [3.8, 4) is 0 Å². The molecule has 5 atom stereocenters. The lowest BCUT2D eigenvalue weighted by Crippen LogP contribution is -2.54. The maximum Gasteiger partial charge on any atom is 0.522 e. The Kier molecular flexibility index (Phi) is 8.02. The summed E-state index contributed by atoms with van der Waals surface area (Å²) in [7, 11) is 0. The van der Waals surface area contributed by atoms with Crippen LogP contribution in [0.2, 0.25) is 0 Å². The van der Waals surface area contributed by atoms with Gasteiger partial charge in [-0.25, -0.2) is 4.98 Å². The summed E-state index contributed by atoms with van der Waals surface area (Å²) < 4.78 is 80.2. The maximum atomic E-state index is 13.5. The average Bonchev–Trinajstić information content (AvgIpc) is 3.60. The molecule has 3 heterocycles. The van der Waals surface area contributed by atoms with Gasteiger partial charge in [-0.1, -0.05) is 6.42 Å². The quantitative estimate of drug-likeness (QED) is 0.464. The SMILES string of the molecule is O=C1NCCC1CC(NC(=O)C1C2CCCC2CN1C(=O)c1csc(C(F)(F)F)n1)C(=O)COC(F)(F)F. The molecule has 1 saturated carbocycles. The maximum absolute atomic E-state index is 13.5. The van der Waals surface area contributed by atoms with Crippen LogP contribution in [0.25, 0.3) is 0 Å². The predicted molar refractivity (Wildman–Crippen MR) is 117 cm³/mol. The third-order valence-electron chi connectivity index (χ3n) is 7.15. The fourth-order valence-electron chi connectivity index (χ4n) is 5.44. The van der Waals surface area contributed by atoms with Crippen molar-refractivity contribution < 1.29 is 50.3 Å². The van der Waals surface area contributed by atoms with E-state index in [1.807, 2.05) is 0 Å². The van der Waals surface area contributed by atoms with Crippen molar-refractivity contribution in [2.24, 2.45) is 17.8 Å². The second kappa shape index (κ2) is 10.8. The number of ketones is 1. The molecule has 16 heteroatoms. The molecule has 2 aliphatic heterocycles. The largest absolute Gasteiger partial charge is 0.522 e. The van der Waals surface area contributed by atoms with Crippen molar-refractivity contribution in [3.63, 3.8) is 0 Å². The topological polar surface area (TPSA) is 118 Å². The second-order valence-electron chi connectivity index (χ2n) is 9.57. The molecular weight excluding hydrogens is 546 g/mol. The number of carbonyl (C=O) groups excluding carboxylic acids is 4. The molecular formula is C22H24F6N4O5S. The van der Waals surface area contributed by atoms with E-state index in [0.717, 1.165) is 16.7 Å². The van der Waals surface area contributed by atoms with Gasteiger partial charge in [0.2, 0.25) is 11.8 Å². The van der Waals surface area contributed by atoms with Crippen LogP contribution in [0, 0.1) is 17.8 Å². The Morgan fingerprint density at radius 2 is 1.92 bits per heavy atom. The number of alkyl halides is 6. The smallest absolute Gasteiger partial charge is 0.356 e. The molecule has 210 valence electrons. The Bertz CT molecular complexity index is 1090. The number of ether oxygens (including phenoxy) is 1. The number of rotatable bonds is 8. The molecule has 1 aromatic heterocycles. The lowest BCUT2D eigenvalue weighted by molar-refractivity contribution is -0.321. The van der Waals surface area contributed by atoms with Gasteiger partial charge in [0.05, 0.1) is 6.04 Å². The van der Waals surface area contributed by atoms with Crippen molar-refractivity contribution >= 4 is 34.8 Å². The van der Waals surface area contributed by atoms with Crippen LogP contribution in [0.15, 0.2) is 5.38 Å². The van der Waals surface area contributed by atoms with Crippen LogP contribution < -0.4 is 10.6 Å². The molecule has 5 unspecified atom stereocenters. The Hall–Kier alpha value is -2.75. The molecule has 9 nitrogen and oxygen atoms in total. The van der Waals surface area contributed by atoms with Crippen LogP contribution in [0.5, 0.6) is 0 Å². The van der Waals surface area contributed by atoms with E-state index in [0.29, 0.717) is 25.8 Å². The van der Waals surface area contributed by atoms with Crippen molar-refractivity contribution in [2.75, 3.05) is 19.7 Å². The van der Waals surface area contributed by atoms with Gasteiger partial charge < -0.3 is 15.5 Å². The molecule has 3 amide bonds. The summed E-state index contributed by atoms with van der Waals surface area (Å²) >= 11 is 0.242. The number of fused-ring (bicyclic) bond motifs is 1. The van der Waals surface area contributed by atoms with Gasteiger partial charge in [0.15, 0.2) is 10.8 Å². The van der Waals surface area contributed by atoms with Gasteiger partial charge in [-0.05, 0) is 37.5 Å². The molecule has 0 radical (unpaired) electrons. The first-order valence-electron chi connectivity index (χ1n) is 11.9. The first kappa shape index (κ1) is 28.3. The third-order valence-corrected chi connectivity index (χ3v) is 8.04. The first-order chi connectivity index (χ1) is 17.7. The van der Waals surface area contributed by atoms with Crippen molar-refractivity contribution in [1.29, 1.82) is 0 Å². The fraction of sp³-hybridized carbons (Fsp3) is 0.682. The summed E-state index contributed by atoms with van der Waals surface area (Å²) in [5.41, 5.74) is -0.478. The molecule has 1 aliphatic carbocycles. The van der Waals surface area contributed by atoms with E-state index in [1.165, 1.54) is 0 Å². The molecule has 1 aromatic rings. The van der Waals surface area contributed by atoms with E-state index in [2.05, 4.69) is 20.4 Å². The number of carbonyl (C=O) groups is 4. The lowest BCUT2D eigenvalue weighted by atomic mass is 9.92. The molecule has 4 rings (SSSR count). The van der Waals surface area contributed by atoms with Gasteiger partial charge in [-0.15, -0.1) is 24.5 Å². The number of hydrogen-bond acceptors (Lipinski definition) is 7. The Labute approximate surface area is 216 Å². The van der Waals surface area contributed by atoms with Gasteiger partial charge in [0.25, 0.3) is 5.91 Å². The van der Waals surface area contributed by atoms with Gasteiger partial charge in [-0.2, -0.15) is 13.2 Å². The van der Waals surface area contributed by atoms with Crippen molar-refractivity contribution in [1.82, 2.24) is 20.5 Å². The first-order valence-corrected chi connectivity index (χ1v) is 12.8. The number of amides is 3. The molecule has 0 spiro atoms. The number of likely N-dealkylation sites (tertiary alicyclic amines) is 1. The highest BCUT2D eigenvalue weighted by molar-refractivity contribution is 7.10. The average molecular weight is 571 g/mol. The van der Waals surface area contributed by atoms with Gasteiger partial charge >= 0.3 is 12.5 Å². The number of nitrogens with one attached hydrogen (secondary N) is 2. The highest BCUT2D eigenvalue weighted by atomic mass is 32.1. The number of thiazole rings is 1. The number of aromatic nitrogens is 1. The van der Waals surface area contributed by atoms with E-state index in [1.54, 1.807) is 0 Å². The summed E-state index contributed by atoms with van der Waals surface area (Å²) in [6.45, 7) is -0.998. The van der Waals surface area contributed by atoms with E-state index >= 15 is 0 Å². The second-order valence-corrected chi connectivity index (χ2v) is 10.4. The minimum absolute atomic E-state index is 0.0846. The number of nitrogens with zero attached hydrogens (tertiary/aromatic N) is 2. The zero-order valence-corrected chi connectivity index (χ0v) is 20.5. The van der Waals surface area contributed by atoms with Crippen molar-refractivity contribution in [2.45, 2.75) is 56.7 Å². The Balaban J connectivity index is 1.54. The van der Waals surface area contributed by atoms with Crippen LogP contribution in [0.1, 0.15) is 47.6 Å². The molecule has 0 aromatic carbocycles. The van der Waals surface area contributed by atoms with E-state index in [4.69, 9.17) is 0 Å². The standard InChI is InChI=1S/C22H24F6N4O5S/c23-21(24,25)20-31-14(9-38-20)19(36)32-7-11-2-1-3-12(11)16(32)18(35)30-13(6-10-4-5-29-17(10)34)15(33)8-37-22(26,27)28/h9-13,16H,1-8H2,(H,29,34)(H,30,35). The normalized spacial score (nSPS) is 26.3. The predicted octanol–water partition coefficient (Wildman–Crippen LogP) is 2.52. The highest BCUT2D eigenvalue weighted by Crippen LogP contribution is 2.43. The van der Waals surface area contributed by atoms with Crippen LogP contribution >= 0.6 is 11.3 Å². The molecule has 38 heavy (non-hydrogen) atoms. The molecule has 3 aliphatic rings. The molecule has 3 fully saturated rings. The van der Waals surface area contributed by atoms with E-state index < -0.39 is 71.4 Å². The minimum Gasteiger partial charge on any atom is -0.356 e. The van der Waals surface area contributed by atoms with Gasteiger partial charge in [0.1, 0.15) is 18.3 Å². The summed E-state index contributed by atoms with van der Waals surface area (Å²) in [5, 5.41) is 4.70. The van der Waals surface area contributed by atoms with E-state index in [9.17, 15) is 45.5 Å². The molecule has 0 bridgehead atoms. The van der Waals surface area contributed by atoms with Crippen LogP contribution in [-0.2, 0) is 25.3 Å². The van der Waals surface area contributed by atoms with Crippen LogP contribution in [0.3, 0.4) is 0 Å². The zero-order valence-electron chi connectivity index (χ0n) is 19.7. The van der Waals surface area contributed by atoms with Crippen LogP contribution in [0.4, 0.5) is 26.3 Å². The molecule has 2 N–H and O–H groups in total. The number of hydrogen-bond donors (Lipinski definition) is 2. The van der Waals surface area contributed by atoms with Crippen LogP contribution in [-0.4, -0.2) is 71.5 Å². The number of Topliss-reactive ketones (excluding diaryl/α,β-unsaturated/α-hetero) is 1. The van der Waals surface area contributed by atoms with Gasteiger partial charge in [-0.3, -0.25) is 23.9 Å². The summed E-state index contributed by atoms with van der Waals surface area (Å²) in [6, 6.07) is -2.67. The summed E-state index contributed by atoms with van der Waals surface area (Å²) in [5.74, 6) is -4.43. The lowest BCUT2D eigenvalue weighted by Gasteiger charge is -2.29.